The van der Waals surface area contributed by atoms with Crippen LogP contribution in [0.3, 0.4) is 0 Å². The fourth-order valence-corrected chi connectivity index (χ4v) is 3.79. The Balaban J connectivity index is 2.03. The summed E-state index contributed by atoms with van der Waals surface area (Å²) in [5, 5.41) is 0. The highest BCUT2D eigenvalue weighted by molar-refractivity contribution is 6.56. The van der Waals surface area contributed by atoms with Crippen molar-refractivity contribution < 1.29 is 4.65 Å². The first-order chi connectivity index (χ1) is 7.50. The average Bonchev–Trinajstić information content (AvgIpc) is 2.16. The lowest BCUT2D eigenvalue weighted by Crippen LogP contribution is -2.45. The first kappa shape index (κ1) is 12.5. The van der Waals surface area contributed by atoms with Crippen LogP contribution in [-0.2, 0) is 4.65 Å². The molecule has 2 rings (SSSR count). The summed E-state index contributed by atoms with van der Waals surface area (Å²) in [5.41, 5.74) is 0.0885. The molecule has 0 aliphatic carbocycles. The third-order valence-electron chi connectivity index (χ3n) is 5.52. The van der Waals surface area contributed by atoms with Gasteiger partial charge >= 0.3 is 0 Å². The van der Waals surface area contributed by atoms with Gasteiger partial charge in [0.15, 0.2) is 0 Å². The van der Waals surface area contributed by atoms with Crippen molar-refractivity contribution in [3.63, 3.8) is 0 Å². The van der Waals surface area contributed by atoms with Gasteiger partial charge < -0.3 is 4.65 Å². The summed E-state index contributed by atoms with van der Waals surface area (Å²) in [6, 6.07) is 0. The third-order valence-corrected chi connectivity index (χ3v) is 5.52. The third kappa shape index (κ3) is 2.47. The number of hydrogen-bond acceptors (Lipinski definition) is 1. The molecule has 0 saturated carbocycles. The minimum Gasteiger partial charge on any atom is -0.588 e. The molecule has 0 N–H and O–H groups in total. The van der Waals surface area contributed by atoms with Crippen molar-refractivity contribution in [1.82, 2.24) is 0 Å². The zero-order valence-electron chi connectivity index (χ0n) is 11.6. The molecule has 0 aromatic rings. The van der Waals surface area contributed by atoms with Crippen LogP contribution >= 0.6 is 0 Å². The summed E-state index contributed by atoms with van der Waals surface area (Å²) in [6.45, 7) is 8.82. The highest BCUT2D eigenvalue weighted by Crippen LogP contribution is 2.48. The van der Waals surface area contributed by atoms with Gasteiger partial charge in [-0.05, 0) is 19.8 Å². The van der Waals surface area contributed by atoms with Crippen LogP contribution in [0.15, 0.2) is 0 Å². The van der Waals surface area contributed by atoms with Crippen molar-refractivity contribution in [3.8, 4) is 0 Å². The van der Waals surface area contributed by atoms with E-state index in [2.05, 4.69) is 27.7 Å². The summed E-state index contributed by atoms with van der Waals surface area (Å²) in [6.07, 6.45) is 8.72. The first-order valence-corrected chi connectivity index (χ1v) is 7.39. The van der Waals surface area contributed by atoms with Gasteiger partial charge in [0.1, 0.15) is 6.92 Å². The minimum absolute atomic E-state index is 0.0885. The van der Waals surface area contributed by atoms with Gasteiger partial charge in [0.05, 0.1) is 0 Å². The highest BCUT2D eigenvalue weighted by Gasteiger charge is 2.35. The molecule has 16 heavy (non-hydrogen) atoms. The van der Waals surface area contributed by atoms with Crippen LogP contribution < -0.4 is 0 Å². The fraction of sp³-hybridized carbons (Fsp3) is 1.00. The Morgan fingerprint density at radius 3 is 1.81 bits per heavy atom. The van der Waals surface area contributed by atoms with Crippen LogP contribution in [0.5, 0.6) is 0 Å². The molecule has 2 aliphatic heterocycles. The Morgan fingerprint density at radius 1 is 1.00 bits per heavy atom. The van der Waals surface area contributed by atoms with E-state index in [0.29, 0.717) is 5.92 Å². The van der Waals surface area contributed by atoms with E-state index in [1.165, 1.54) is 38.5 Å². The van der Waals surface area contributed by atoms with Gasteiger partial charge in [-0.1, -0.05) is 52.4 Å². The Labute approximate surface area is 101 Å². The van der Waals surface area contributed by atoms with Crippen molar-refractivity contribution in [2.24, 2.45) is 5.92 Å². The molecule has 0 atom stereocenters. The predicted molar refractivity (Wildman–Crippen MR) is 72.4 cm³/mol. The van der Waals surface area contributed by atoms with Gasteiger partial charge in [-0.3, -0.25) is 0 Å². The van der Waals surface area contributed by atoms with E-state index in [-0.39, 0.29) is 12.5 Å². The molecule has 0 aromatic carbocycles. The minimum atomic E-state index is -0.330. The Kier molecular flexibility index (Phi) is 3.68. The van der Waals surface area contributed by atoms with E-state index in [1.54, 1.807) is 0 Å². The predicted octanol–water partition coefficient (Wildman–Crippen LogP) is 4.27. The summed E-state index contributed by atoms with van der Waals surface area (Å²) in [4.78, 5) is 0. The van der Waals surface area contributed by atoms with Crippen LogP contribution in [-0.4, -0.2) is 12.5 Å². The summed E-state index contributed by atoms with van der Waals surface area (Å²) < 4.78 is 6.59. The molecule has 1 nitrogen and oxygen atoms in total. The maximum absolute atomic E-state index is 6.59. The second-order valence-electron chi connectivity index (χ2n) is 7.07. The molecule has 94 valence electrons. The van der Waals surface area contributed by atoms with E-state index in [4.69, 9.17) is 4.65 Å². The van der Waals surface area contributed by atoms with Gasteiger partial charge in [0, 0.05) is 5.60 Å². The normalized spacial score (nSPS) is 35.4. The van der Waals surface area contributed by atoms with Crippen LogP contribution in [0.1, 0.15) is 66.2 Å². The number of rotatable bonds is 3. The van der Waals surface area contributed by atoms with E-state index < -0.39 is 0 Å². The topological polar surface area (TPSA) is 9.23 Å². The standard InChI is InChI=1S/C14H28BO/c1-11(2)14(3,4)16-15-12-7-5-8-13(15)10-6-9-12/h11-13,15H,5-10H2,1-4H3/q-1. The van der Waals surface area contributed by atoms with Crippen LogP contribution in [0.4, 0.5) is 0 Å². The molecule has 2 bridgehead atoms. The molecular weight excluding hydrogens is 195 g/mol. The average molecular weight is 223 g/mol. The second-order valence-corrected chi connectivity index (χ2v) is 7.07. The van der Waals surface area contributed by atoms with Gasteiger partial charge in [-0.2, -0.15) is 0 Å². The highest BCUT2D eigenvalue weighted by atomic mass is 16.5. The molecule has 0 amide bonds. The lowest BCUT2D eigenvalue weighted by Gasteiger charge is -2.53. The zero-order chi connectivity index (χ0) is 11.8. The Bertz CT molecular complexity index is 215. The Morgan fingerprint density at radius 2 is 1.44 bits per heavy atom. The molecule has 2 heterocycles. The van der Waals surface area contributed by atoms with Crippen molar-refractivity contribution in [2.45, 2.75) is 83.5 Å². The largest absolute Gasteiger partial charge is 0.588 e. The monoisotopic (exact) mass is 223 g/mol. The SMILES string of the molecule is CC(C)C(C)(C)O[BH-]1C2CCCC1CCC2. The van der Waals surface area contributed by atoms with E-state index in [1.807, 2.05) is 0 Å². The van der Waals surface area contributed by atoms with Crippen molar-refractivity contribution in [2.75, 3.05) is 0 Å². The molecule has 0 radical (unpaired) electrons. The van der Waals surface area contributed by atoms with Gasteiger partial charge in [0.2, 0.25) is 0 Å². The van der Waals surface area contributed by atoms with E-state index in [0.717, 1.165) is 11.6 Å². The fourth-order valence-electron chi connectivity index (χ4n) is 3.79. The zero-order valence-corrected chi connectivity index (χ0v) is 11.6. The molecule has 0 unspecified atom stereocenters. The lowest BCUT2D eigenvalue weighted by molar-refractivity contribution is 0.0462. The van der Waals surface area contributed by atoms with E-state index in [9.17, 15) is 0 Å². The maximum Gasteiger partial charge on any atom is 0.105 e. The van der Waals surface area contributed by atoms with Crippen molar-refractivity contribution in [1.29, 1.82) is 0 Å². The van der Waals surface area contributed by atoms with Gasteiger partial charge in [0.25, 0.3) is 0 Å². The van der Waals surface area contributed by atoms with E-state index >= 15 is 0 Å². The van der Waals surface area contributed by atoms with Crippen molar-refractivity contribution >= 4 is 6.92 Å². The molecule has 0 aromatic heterocycles. The lowest BCUT2D eigenvalue weighted by atomic mass is 9.37. The van der Waals surface area contributed by atoms with Crippen LogP contribution in [0, 0.1) is 5.92 Å². The molecular formula is C14H28BO-. The Hall–Kier alpha value is 0.0249. The number of fused-ring (bicyclic) bond motifs is 2. The summed E-state index contributed by atoms with van der Waals surface area (Å²) in [5.74, 6) is 2.53. The van der Waals surface area contributed by atoms with Gasteiger partial charge in [-0.15, -0.1) is 11.6 Å². The molecule has 2 heteroatoms. The van der Waals surface area contributed by atoms with Crippen LogP contribution in [0.25, 0.3) is 0 Å². The molecule has 2 aliphatic rings. The first-order valence-electron chi connectivity index (χ1n) is 7.39. The smallest absolute Gasteiger partial charge is 0.105 e. The molecule has 0 spiro atoms. The summed E-state index contributed by atoms with van der Waals surface area (Å²) in [7, 11) is 0. The molecule has 2 fully saturated rings. The van der Waals surface area contributed by atoms with Crippen LogP contribution in [0.2, 0.25) is 11.6 Å². The number of hydrogen-bond donors (Lipinski definition) is 0. The molecule has 2 saturated heterocycles. The van der Waals surface area contributed by atoms with Gasteiger partial charge in [-0.25, -0.2) is 0 Å². The summed E-state index contributed by atoms with van der Waals surface area (Å²) >= 11 is 0. The maximum atomic E-state index is 6.59. The quantitative estimate of drug-likeness (QED) is 0.649. The van der Waals surface area contributed by atoms with Crippen molar-refractivity contribution in [3.05, 3.63) is 0 Å². The second kappa shape index (κ2) is 4.72.